The van der Waals surface area contributed by atoms with Crippen LogP contribution in [0.25, 0.3) is 0 Å². The van der Waals surface area contributed by atoms with E-state index in [-0.39, 0.29) is 17.5 Å². The van der Waals surface area contributed by atoms with Crippen molar-refractivity contribution in [2.45, 2.75) is 39.0 Å². The Hall–Kier alpha value is -2.24. The summed E-state index contributed by atoms with van der Waals surface area (Å²) in [6.07, 6.45) is 4.95. The second-order valence-corrected chi connectivity index (χ2v) is 6.28. The van der Waals surface area contributed by atoms with Crippen LogP contribution in [0.5, 0.6) is 0 Å². The summed E-state index contributed by atoms with van der Waals surface area (Å²) in [5, 5.41) is 2.60. The topological polar surface area (TPSA) is 49.4 Å². The van der Waals surface area contributed by atoms with Crippen LogP contribution >= 0.6 is 0 Å². The zero-order chi connectivity index (χ0) is 17.3. The number of rotatable bonds is 3. The van der Waals surface area contributed by atoms with Crippen molar-refractivity contribution < 1.29 is 18.4 Å². The maximum absolute atomic E-state index is 13.9. The Balaban J connectivity index is 1.93. The number of allylic oxidation sites excluding steroid dienone is 1. The lowest BCUT2D eigenvalue weighted by molar-refractivity contribution is -0.138. The highest BCUT2D eigenvalue weighted by Gasteiger charge is 2.49. The van der Waals surface area contributed by atoms with Crippen LogP contribution in [0.15, 0.2) is 30.0 Å². The molecular formula is C18H20F2N2O2. The third-order valence-corrected chi connectivity index (χ3v) is 4.92. The number of carbonyl (C=O) groups is 2. The molecule has 1 saturated heterocycles. The number of benzene rings is 1. The molecule has 0 aromatic heterocycles. The van der Waals surface area contributed by atoms with Crippen LogP contribution in [-0.4, -0.2) is 23.3 Å². The first-order chi connectivity index (χ1) is 11.5. The number of nitrogens with zero attached hydrogens (tertiary/aromatic N) is 1. The van der Waals surface area contributed by atoms with Crippen LogP contribution in [0.3, 0.4) is 0 Å². The molecule has 1 fully saturated rings. The van der Waals surface area contributed by atoms with Gasteiger partial charge in [0.1, 0.15) is 11.6 Å². The van der Waals surface area contributed by atoms with Gasteiger partial charge in [-0.3, -0.25) is 9.59 Å². The van der Waals surface area contributed by atoms with Crippen molar-refractivity contribution in [1.82, 2.24) is 4.90 Å². The molecule has 4 nitrogen and oxygen atoms in total. The number of likely N-dealkylation sites (tertiary alicyclic amines) is 1. The van der Waals surface area contributed by atoms with Gasteiger partial charge in [-0.25, -0.2) is 8.78 Å². The molecule has 0 radical (unpaired) electrons. The van der Waals surface area contributed by atoms with Gasteiger partial charge in [-0.1, -0.05) is 6.08 Å². The molecule has 1 unspecified atom stereocenters. The average Bonchev–Trinajstić information content (AvgIpc) is 2.57. The smallest absolute Gasteiger partial charge is 0.236 e. The second-order valence-electron chi connectivity index (χ2n) is 6.28. The largest absolute Gasteiger partial charge is 0.323 e. The summed E-state index contributed by atoms with van der Waals surface area (Å²) >= 11 is 0. The fraction of sp³-hybridized carbons (Fsp3) is 0.444. The molecule has 3 rings (SSSR count). The monoisotopic (exact) mass is 334 g/mol. The maximum Gasteiger partial charge on any atom is 0.236 e. The standard InChI is InChI=1S/C18H20F2N2O2/c1-2-22-15-5-3-4-9-18(15,10-8-16(22)23)17(24)21-14-7-6-12(19)11-13(14)20/h5-7,11H,2-4,8-10H2,1H3,(H,21,24). The minimum Gasteiger partial charge on any atom is -0.323 e. The number of amides is 2. The first-order valence-electron chi connectivity index (χ1n) is 8.25. The maximum atomic E-state index is 13.9. The summed E-state index contributed by atoms with van der Waals surface area (Å²) in [6.45, 7) is 2.38. The molecule has 24 heavy (non-hydrogen) atoms. The van der Waals surface area contributed by atoms with Crippen molar-refractivity contribution in [3.05, 3.63) is 41.6 Å². The quantitative estimate of drug-likeness (QED) is 0.918. The normalized spacial score (nSPS) is 23.5. The van der Waals surface area contributed by atoms with Crippen molar-refractivity contribution in [3.8, 4) is 0 Å². The first kappa shape index (κ1) is 16.6. The molecule has 1 atom stereocenters. The number of nitrogens with one attached hydrogen (secondary N) is 1. The Bertz CT molecular complexity index is 717. The summed E-state index contributed by atoms with van der Waals surface area (Å²) in [5.74, 6) is -1.81. The summed E-state index contributed by atoms with van der Waals surface area (Å²) in [5.41, 5.74) is -0.128. The molecule has 0 bridgehead atoms. The lowest BCUT2D eigenvalue weighted by Gasteiger charge is -2.45. The van der Waals surface area contributed by atoms with E-state index >= 15 is 0 Å². The van der Waals surface area contributed by atoms with Gasteiger partial charge in [0.25, 0.3) is 0 Å². The van der Waals surface area contributed by atoms with Gasteiger partial charge in [-0.15, -0.1) is 0 Å². The van der Waals surface area contributed by atoms with Crippen molar-refractivity contribution in [3.63, 3.8) is 0 Å². The van der Waals surface area contributed by atoms with Gasteiger partial charge in [-0.05, 0) is 44.7 Å². The Kier molecular flexibility index (Phi) is 4.39. The molecule has 0 spiro atoms. The summed E-state index contributed by atoms with van der Waals surface area (Å²) in [7, 11) is 0. The van der Waals surface area contributed by atoms with E-state index in [1.165, 1.54) is 6.07 Å². The van der Waals surface area contributed by atoms with E-state index in [2.05, 4.69) is 5.32 Å². The highest BCUT2D eigenvalue weighted by molar-refractivity contribution is 5.99. The second kappa shape index (κ2) is 6.34. The Morgan fingerprint density at radius 1 is 1.33 bits per heavy atom. The van der Waals surface area contributed by atoms with Crippen molar-refractivity contribution >= 4 is 17.5 Å². The number of hydrogen-bond donors (Lipinski definition) is 1. The zero-order valence-corrected chi connectivity index (χ0v) is 13.6. The van der Waals surface area contributed by atoms with Crippen LogP contribution in [-0.2, 0) is 9.59 Å². The highest BCUT2D eigenvalue weighted by Crippen LogP contribution is 2.47. The SMILES string of the molecule is CCN1C(=O)CCC2(C(=O)Nc3ccc(F)cc3F)CCCC=C12. The molecule has 2 amide bonds. The first-order valence-corrected chi connectivity index (χ1v) is 8.25. The predicted octanol–water partition coefficient (Wildman–Crippen LogP) is 3.60. The predicted molar refractivity (Wildman–Crippen MR) is 86.0 cm³/mol. The van der Waals surface area contributed by atoms with Crippen LogP contribution < -0.4 is 5.32 Å². The fourth-order valence-corrected chi connectivity index (χ4v) is 3.70. The molecule has 1 aliphatic carbocycles. The molecule has 128 valence electrons. The molecule has 0 saturated carbocycles. The Morgan fingerprint density at radius 2 is 2.12 bits per heavy atom. The number of carbonyl (C=O) groups excluding carboxylic acids is 2. The van der Waals surface area contributed by atoms with E-state index < -0.39 is 17.0 Å². The van der Waals surface area contributed by atoms with E-state index in [0.29, 0.717) is 25.8 Å². The molecular weight excluding hydrogens is 314 g/mol. The average molecular weight is 334 g/mol. The summed E-state index contributed by atoms with van der Waals surface area (Å²) < 4.78 is 26.9. The van der Waals surface area contributed by atoms with Crippen molar-refractivity contribution in [2.24, 2.45) is 5.41 Å². The minimum atomic E-state index is -0.816. The lowest BCUT2D eigenvalue weighted by Crippen LogP contribution is -2.51. The number of fused-ring (bicyclic) bond motifs is 1. The van der Waals surface area contributed by atoms with E-state index in [4.69, 9.17) is 0 Å². The zero-order valence-electron chi connectivity index (χ0n) is 13.6. The number of hydrogen-bond acceptors (Lipinski definition) is 2. The van der Waals surface area contributed by atoms with E-state index in [9.17, 15) is 18.4 Å². The number of halogens is 2. The molecule has 1 heterocycles. The van der Waals surface area contributed by atoms with Gasteiger partial charge < -0.3 is 10.2 Å². The van der Waals surface area contributed by atoms with E-state index in [0.717, 1.165) is 30.7 Å². The molecule has 1 aliphatic heterocycles. The third-order valence-electron chi connectivity index (χ3n) is 4.92. The van der Waals surface area contributed by atoms with Gasteiger partial charge in [0.05, 0.1) is 11.1 Å². The summed E-state index contributed by atoms with van der Waals surface area (Å²) in [4.78, 5) is 26.8. The van der Waals surface area contributed by atoms with Gasteiger partial charge in [0.2, 0.25) is 11.8 Å². The van der Waals surface area contributed by atoms with Gasteiger partial charge in [-0.2, -0.15) is 0 Å². The number of anilines is 1. The van der Waals surface area contributed by atoms with Crippen molar-refractivity contribution in [1.29, 1.82) is 0 Å². The Labute approximate surface area is 139 Å². The van der Waals surface area contributed by atoms with Crippen LogP contribution in [0, 0.1) is 17.0 Å². The minimum absolute atomic E-state index is 0.0158. The van der Waals surface area contributed by atoms with Crippen LogP contribution in [0.2, 0.25) is 0 Å². The fourth-order valence-electron chi connectivity index (χ4n) is 3.70. The van der Waals surface area contributed by atoms with Gasteiger partial charge >= 0.3 is 0 Å². The Morgan fingerprint density at radius 3 is 2.83 bits per heavy atom. The number of piperidine rings is 1. The van der Waals surface area contributed by atoms with Crippen LogP contribution in [0.4, 0.5) is 14.5 Å². The molecule has 2 aliphatic rings. The van der Waals surface area contributed by atoms with E-state index in [1.807, 2.05) is 13.0 Å². The van der Waals surface area contributed by atoms with Gasteiger partial charge in [0, 0.05) is 24.7 Å². The van der Waals surface area contributed by atoms with Crippen LogP contribution in [0.1, 0.15) is 39.0 Å². The van der Waals surface area contributed by atoms with E-state index in [1.54, 1.807) is 4.90 Å². The third kappa shape index (κ3) is 2.70. The molecule has 1 aromatic rings. The van der Waals surface area contributed by atoms with Crippen molar-refractivity contribution in [2.75, 3.05) is 11.9 Å². The highest BCUT2D eigenvalue weighted by atomic mass is 19.1. The molecule has 6 heteroatoms. The lowest BCUT2D eigenvalue weighted by atomic mass is 9.69. The summed E-state index contributed by atoms with van der Waals surface area (Å²) in [6, 6.07) is 3.07. The van der Waals surface area contributed by atoms with Gasteiger partial charge in [0.15, 0.2) is 0 Å². The molecule has 1 aromatic carbocycles. The molecule has 1 N–H and O–H groups in total.